The number of nitrogens with zero attached hydrogens (tertiary/aromatic N) is 4. The van der Waals surface area contributed by atoms with Crippen LogP contribution in [0.2, 0.25) is 0 Å². The Labute approximate surface area is 170 Å². The molecule has 4 rings (SSSR count). The lowest BCUT2D eigenvalue weighted by atomic mass is 9.92. The second-order valence-electron chi connectivity index (χ2n) is 8.24. The van der Waals surface area contributed by atoms with Gasteiger partial charge in [-0.25, -0.2) is 4.68 Å². The van der Waals surface area contributed by atoms with Crippen LogP contribution < -0.4 is 5.56 Å². The Morgan fingerprint density at radius 1 is 1.07 bits per heavy atom. The number of carbonyl (C=O) groups is 1. The van der Waals surface area contributed by atoms with E-state index in [1.165, 1.54) is 4.68 Å². The largest absolute Gasteiger partial charge is 0.341 e. The van der Waals surface area contributed by atoms with Crippen molar-refractivity contribution in [3.05, 3.63) is 70.4 Å². The van der Waals surface area contributed by atoms with Crippen LogP contribution in [0.25, 0.3) is 10.8 Å². The molecule has 1 aromatic carbocycles. The average molecular weight is 390 g/mol. The van der Waals surface area contributed by atoms with Crippen molar-refractivity contribution in [3.63, 3.8) is 0 Å². The van der Waals surface area contributed by atoms with E-state index in [4.69, 9.17) is 0 Å². The first-order valence-electron chi connectivity index (χ1n) is 10.2. The number of likely N-dealkylation sites (tertiary alicyclic amines) is 1. The summed E-state index contributed by atoms with van der Waals surface area (Å²) in [6, 6.07) is 11.3. The summed E-state index contributed by atoms with van der Waals surface area (Å²) in [7, 11) is 0. The number of piperidine rings is 1. The Morgan fingerprint density at radius 2 is 1.79 bits per heavy atom. The Hall–Kier alpha value is -3.02. The predicted octanol–water partition coefficient (Wildman–Crippen LogP) is 2.89. The van der Waals surface area contributed by atoms with Crippen molar-refractivity contribution in [1.29, 1.82) is 0 Å². The van der Waals surface area contributed by atoms with E-state index in [9.17, 15) is 9.59 Å². The van der Waals surface area contributed by atoms with Gasteiger partial charge in [0.25, 0.3) is 5.56 Å². The van der Waals surface area contributed by atoms with Gasteiger partial charge in [-0.2, -0.15) is 5.10 Å². The number of hydrogen-bond donors (Lipinski definition) is 0. The number of pyridine rings is 1. The van der Waals surface area contributed by atoms with Crippen molar-refractivity contribution in [2.24, 2.45) is 11.8 Å². The van der Waals surface area contributed by atoms with Crippen LogP contribution in [0.15, 0.2) is 53.6 Å². The van der Waals surface area contributed by atoms with Gasteiger partial charge < -0.3 is 4.90 Å². The summed E-state index contributed by atoms with van der Waals surface area (Å²) in [6.45, 7) is 5.80. The fourth-order valence-electron chi connectivity index (χ4n) is 4.33. The van der Waals surface area contributed by atoms with E-state index in [0.717, 1.165) is 36.2 Å². The second kappa shape index (κ2) is 8.15. The minimum absolute atomic E-state index is 0.0247. The van der Waals surface area contributed by atoms with Gasteiger partial charge in [-0.05, 0) is 36.0 Å². The van der Waals surface area contributed by atoms with Gasteiger partial charge in [-0.3, -0.25) is 14.6 Å². The monoisotopic (exact) mass is 390 g/mol. The van der Waals surface area contributed by atoms with E-state index in [-0.39, 0.29) is 18.0 Å². The normalized spacial score (nSPS) is 19.4. The summed E-state index contributed by atoms with van der Waals surface area (Å²) in [5, 5.41) is 6.01. The van der Waals surface area contributed by atoms with Crippen LogP contribution in [0.3, 0.4) is 0 Å². The molecular formula is C23H26N4O2. The number of rotatable bonds is 4. The van der Waals surface area contributed by atoms with Crippen molar-refractivity contribution >= 4 is 16.7 Å². The molecular weight excluding hydrogens is 364 g/mol. The van der Waals surface area contributed by atoms with Gasteiger partial charge in [0.15, 0.2) is 0 Å². The van der Waals surface area contributed by atoms with E-state index in [1.807, 2.05) is 35.2 Å². The minimum atomic E-state index is -0.220. The molecule has 6 heteroatoms. The number of aromatic nitrogens is 3. The van der Waals surface area contributed by atoms with Gasteiger partial charge in [0.1, 0.15) is 6.54 Å². The van der Waals surface area contributed by atoms with Crippen LogP contribution in [-0.2, 0) is 17.8 Å². The highest BCUT2D eigenvalue weighted by molar-refractivity contribution is 5.84. The number of hydrogen-bond acceptors (Lipinski definition) is 4. The minimum Gasteiger partial charge on any atom is -0.341 e. The zero-order chi connectivity index (χ0) is 20.4. The lowest BCUT2D eigenvalue weighted by Crippen LogP contribution is -2.45. The van der Waals surface area contributed by atoms with Crippen molar-refractivity contribution in [3.8, 4) is 0 Å². The molecule has 0 aliphatic carbocycles. The Morgan fingerprint density at radius 3 is 2.48 bits per heavy atom. The molecule has 0 unspecified atom stereocenters. The highest BCUT2D eigenvalue weighted by atomic mass is 16.2. The average Bonchev–Trinajstić information content (AvgIpc) is 2.71. The molecule has 0 bridgehead atoms. The quantitative estimate of drug-likeness (QED) is 0.687. The van der Waals surface area contributed by atoms with Crippen LogP contribution in [0.5, 0.6) is 0 Å². The predicted molar refractivity (Wildman–Crippen MR) is 113 cm³/mol. The molecule has 0 radical (unpaired) electrons. The van der Waals surface area contributed by atoms with E-state index in [2.05, 4.69) is 23.9 Å². The Bertz CT molecular complexity index is 1070. The van der Waals surface area contributed by atoms with Crippen LogP contribution in [0.4, 0.5) is 0 Å². The lowest BCUT2D eigenvalue weighted by molar-refractivity contribution is -0.134. The smallest absolute Gasteiger partial charge is 0.275 e. The van der Waals surface area contributed by atoms with Gasteiger partial charge in [0.05, 0.1) is 11.1 Å². The zero-order valence-corrected chi connectivity index (χ0v) is 16.9. The number of fused-ring (bicyclic) bond motifs is 1. The molecule has 1 saturated heterocycles. The molecule has 2 aromatic heterocycles. The van der Waals surface area contributed by atoms with Gasteiger partial charge in [-0.1, -0.05) is 38.1 Å². The zero-order valence-electron chi connectivity index (χ0n) is 16.9. The Balaban J connectivity index is 1.68. The maximum absolute atomic E-state index is 13.0. The van der Waals surface area contributed by atoms with E-state index >= 15 is 0 Å². The molecule has 1 amide bonds. The third kappa shape index (κ3) is 4.21. The van der Waals surface area contributed by atoms with Gasteiger partial charge in [0, 0.05) is 37.3 Å². The van der Waals surface area contributed by atoms with E-state index in [1.54, 1.807) is 18.5 Å². The summed E-state index contributed by atoms with van der Waals surface area (Å²) in [4.78, 5) is 32.0. The first-order valence-corrected chi connectivity index (χ1v) is 10.2. The fourth-order valence-corrected chi connectivity index (χ4v) is 4.33. The molecule has 3 heterocycles. The van der Waals surface area contributed by atoms with Crippen molar-refractivity contribution in [1.82, 2.24) is 19.7 Å². The maximum atomic E-state index is 13.0. The van der Waals surface area contributed by atoms with Gasteiger partial charge >= 0.3 is 0 Å². The molecule has 1 aliphatic heterocycles. The highest BCUT2D eigenvalue weighted by Gasteiger charge is 2.26. The summed E-state index contributed by atoms with van der Waals surface area (Å²) >= 11 is 0. The second-order valence-corrected chi connectivity index (χ2v) is 8.24. The van der Waals surface area contributed by atoms with Crippen LogP contribution >= 0.6 is 0 Å². The molecule has 29 heavy (non-hydrogen) atoms. The molecule has 0 N–H and O–H groups in total. The lowest BCUT2D eigenvalue weighted by Gasteiger charge is -2.35. The molecule has 150 valence electrons. The SMILES string of the molecule is C[C@@H]1C[C@@H](C)CN(C(=O)Cn2nc(Cc3cccnc3)c3ccccc3c2=O)C1. The topological polar surface area (TPSA) is 68.1 Å². The third-order valence-electron chi connectivity index (χ3n) is 5.55. The van der Waals surface area contributed by atoms with Crippen LogP contribution in [0.1, 0.15) is 31.5 Å². The number of carbonyl (C=O) groups excluding carboxylic acids is 1. The molecule has 0 saturated carbocycles. The Kier molecular flexibility index (Phi) is 5.43. The summed E-state index contributed by atoms with van der Waals surface area (Å²) < 4.78 is 1.33. The van der Waals surface area contributed by atoms with Gasteiger partial charge in [-0.15, -0.1) is 0 Å². The summed E-state index contributed by atoms with van der Waals surface area (Å²) in [5.41, 5.74) is 1.57. The maximum Gasteiger partial charge on any atom is 0.275 e. The molecule has 6 nitrogen and oxygen atoms in total. The molecule has 1 fully saturated rings. The van der Waals surface area contributed by atoms with E-state index in [0.29, 0.717) is 23.6 Å². The van der Waals surface area contributed by atoms with Crippen LogP contribution in [0, 0.1) is 11.8 Å². The number of amides is 1. The highest BCUT2D eigenvalue weighted by Crippen LogP contribution is 2.21. The van der Waals surface area contributed by atoms with Crippen LogP contribution in [-0.4, -0.2) is 38.7 Å². The third-order valence-corrected chi connectivity index (χ3v) is 5.55. The molecule has 0 spiro atoms. The summed E-state index contributed by atoms with van der Waals surface area (Å²) in [6.07, 6.45) is 5.22. The van der Waals surface area contributed by atoms with E-state index < -0.39 is 0 Å². The first-order chi connectivity index (χ1) is 14.0. The standard InChI is InChI=1S/C23H26N4O2/c1-16-10-17(2)14-26(13-16)22(28)15-27-23(29)20-8-4-3-7-19(20)21(25-27)11-18-6-5-9-24-12-18/h3-9,12,16-17H,10-11,13-15H2,1-2H3/t16-,17-/m1/s1. The van der Waals surface area contributed by atoms with Crippen molar-refractivity contribution in [2.45, 2.75) is 33.2 Å². The van der Waals surface area contributed by atoms with Gasteiger partial charge in [0.2, 0.25) is 5.91 Å². The molecule has 3 aromatic rings. The molecule has 2 atom stereocenters. The van der Waals surface area contributed by atoms with Crippen molar-refractivity contribution < 1.29 is 4.79 Å². The number of benzene rings is 1. The fraction of sp³-hybridized carbons (Fsp3) is 0.391. The molecule has 1 aliphatic rings. The first kappa shape index (κ1) is 19.3. The van der Waals surface area contributed by atoms with Crippen molar-refractivity contribution in [2.75, 3.05) is 13.1 Å². The summed E-state index contributed by atoms with van der Waals surface area (Å²) in [5.74, 6) is 0.913.